The lowest BCUT2D eigenvalue weighted by molar-refractivity contribution is -0.149. The minimum absolute atomic E-state index is 0.0185. The van der Waals surface area contributed by atoms with Gasteiger partial charge in [-0.15, -0.1) is 0 Å². The van der Waals surface area contributed by atoms with Crippen LogP contribution in [0.15, 0.2) is 24.3 Å². The van der Waals surface area contributed by atoms with Gasteiger partial charge in [-0.05, 0) is 24.6 Å². The predicted molar refractivity (Wildman–Crippen MR) is 67.1 cm³/mol. The van der Waals surface area contributed by atoms with E-state index < -0.39 is 11.6 Å². The van der Waals surface area contributed by atoms with Crippen molar-refractivity contribution in [2.24, 2.45) is 5.73 Å². The van der Waals surface area contributed by atoms with Gasteiger partial charge in [-0.1, -0.05) is 12.1 Å². The smallest absolute Gasteiger partial charge is 0.309 e. The second-order valence-electron chi connectivity index (χ2n) is 4.39. The van der Waals surface area contributed by atoms with E-state index in [0.29, 0.717) is 0 Å². The number of rotatable bonds is 6. The topological polar surface area (TPSA) is 81.8 Å². The SMILES string of the molecule is COc1ccc(COC(=O)CC(C)(O)CN)cc1. The van der Waals surface area contributed by atoms with Crippen molar-refractivity contribution in [2.45, 2.75) is 25.6 Å². The van der Waals surface area contributed by atoms with Crippen molar-refractivity contribution in [3.05, 3.63) is 29.8 Å². The van der Waals surface area contributed by atoms with E-state index in [2.05, 4.69) is 0 Å². The van der Waals surface area contributed by atoms with E-state index >= 15 is 0 Å². The fraction of sp³-hybridized carbons (Fsp3) is 0.462. The molecule has 0 aliphatic rings. The average Bonchev–Trinajstić information content (AvgIpc) is 2.36. The van der Waals surface area contributed by atoms with Gasteiger partial charge in [0.1, 0.15) is 12.4 Å². The van der Waals surface area contributed by atoms with Gasteiger partial charge in [-0.2, -0.15) is 0 Å². The molecule has 0 radical (unpaired) electrons. The predicted octanol–water partition coefficient (Wildman–Crippen LogP) is 0.838. The van der Waals surface area contributed by atoms with Crippen molar-refractivity contribution in [3.63, 3.8) is 0 Å². The second kappa shape index (κ2) is 6.37. The zero-order valence-electron chi connectivity index (χ0n) is 10.7. The Morgan fingerprint density at radius 3 is 2.50 bits per heavy atom. The third-order valence-electron chi connectivity index (χ3n) is 2.52. The Hall–Kier alpha value is -1.59. The van der Waals surface area contributed by atoms with E-state index in [1.54, 1.807) is 19.2 Å². The Morgan fingerprint density at radius 1 is 1.39 bits per heavy atom. The van der Waals surface area contributed by atoms with Crippen molar-refractivity contribution >= 4 is 5.97 Å². The van der Waals surface area contributed by atoms with Gasteiger partial charge in [-0.3, -0.25) is 4.79 Å². The molecular weight excluding hydrogens is 234 g/mol. The molecule has 0 aliphatic carbocycles. The first kappa shape index (κ1) is 14.5. The van der Waals surface area contributed by atoms with Gasteiger partial charge >= 0.3 is 5.97 Å². The molecule has 0 aliphatic heterocycles. The lowest BCUT2D eigenvalue weighted by Crippen LogP contribution is -2.36. The zero-order valence-corrected chi connectivity index (χ0v) is 10.7. The van der Waals surface area contributed by atoms with Gasteiger partial charge in [0.05, 0.1) is 19.1 Å². The van der Waals surface area contributed by atoms with E-state index in [-0.39, 0.29) is 19.6 Å². The summed E-state index contributed by atoms with van der Waals surface area (Å²) in [7, 11) is 1.59. The number of methoxy groups -OCH3 is 1. The van der Waals surface area contributed by atoms with Crippen LogP contribution in [0.1, 0.15) is 18.9 Å². The standard InChI is InChI=1S/C13H19NO4/c1-13(16,9-14)7-12(15)18-8-10-3-5-11(17-2)6-4-10/h3-6,16H,7-9,14H2,1-2H3. The van der Waals surface area contributed by atoms with Crippen LogP contribution in [-0.4, -0.2) is 30.3 Å². The third kappa shape index (κ3) is 4.73. The lowest BCUT2D eigenvalue weighted by Gasteiger charge is -2.19. The molecule has 1 aromatic rings. The maximum Gasteiger partial charge on any atom is 0.309 e. The quantitative estimate of drug-likeness (QED) is 0.734. The van der Waals surface area contributed by atoms with Crippen LogP contribution >= 0.6 is 0 Å². The lowest BCUT2D eigenvalue weighted by atomic mass is 10.0. The average molecular weight is 253 g/mol. The number of carbonyl (C=O) groups excluding carboxylic acids is 1. The zero-order chi connectivity index (χ0) is 13.6. The molecule has 100 valence electrons. The highest BCUT2D eigenvalue weighted by Gasteiger charge is 2.23. The van der Waals surface area contributed by atoms with Crippen molar-refractivity contribution in [2.75, 3.05) is 13.7 Å². The molecule has 1 aromatic carbocycles. The maximum atomic E-state index is 11.5. The number of carbonyl (C=O) groups is 1. The minimum atomic E-state index is -1.21. The van der Waals surface area contributed by atoms with Crippen LogP contribution in [0.25, 0.3) is 0 Å². The molecule has 5 heteroatoms. The Morgan fingerprint density at radius 2 is 2.00 bits per heavy atom. The third-order valence-corrected chi connectivity index (χ3v) is 2.52. The first-order chi connectivity index (χ1) is 8.46. The normalized spacial score (nSPS) is 13.8. The van der Waals surface area contributed by atoms with Crippen molar-refractivity contribution in [3.8, 4) is 5.75 Å². The van der Waals surface area contributed by atoms with Crippen molar-refractivity contribution in [1.29, 1.82) is 0 Å². The summed E-state index contributed by atoms with van der Waals surface area (Å²) < 4.78 is 10.1. The van der Waals surface area contributed by atoms with Crippen molar-refractivity contribution < 1.29 is 19.4 Å². The largest absolute Gasteiger partial charge is 0.497 e. The van der Waals surface area contributed by atoms with Gasteiger partial charge < -0.3 is 20.3 Å². The van der Waals surface area contributed by atoms with Crippen LogP contribution < -0.4 is 10.5 Å². The first-order valence-electron chi connectivity index (χ1n) is 5.68. The summed E-state index contributed by atoms with van der Waals surface area (Å²) >= 11 is 0. The summed E-state index contributed by atoms with van der Waals surface area (Å²) in [6, 6.07) is 7.21. The summed E-state index contributed by atoms with van der Waals surface area (Å²) in [6.07, 6.45) is -0.111. The molecule has 0 fully saturated rings. The fourth-order valence-electron chi connectivity index (χ4n) is 1.32. The van der Waals surface area contributed by atoms with E-state index in [1.807, 2.05) is 12.1 Å². The monoisotopic (exact) mass is 253 g/mol. The number of aliphatic hydroxyl groups is 1. The van der Waals surface area contributed by atoms with E-state index in [0.717, 1.165) is 11.3 Å². The molecular formula is C13H19NO4. The second-order valence-corrected chi connectivity index (χ2v) is 4.39. The Kier molecular flexibility index (Phi) is 5.12. The van der Waals surface area contributed by atoms with E-state index in [1.165, 1.54) is 6.92 Å². The molecule has 0 aromatic heterocycles. The van der Waals surface area contributed by atoms with Gasteiger partial charge in [-0.25, -0.2) is 0 Å². The number of nitrogens with two attached hydrogens (primary N) is 1. The van der Waals surface area contributed by atoms with Gasteiger partial charge in [0.2, 0.25) is 0 Å². The number of ether oxygens (including phenoxy) is 2. The van der Waals surface area contributed by atoms with E-state index in [4.69, 9.17) is 15.2 Å². The highest BCUT2D eigenvalue weighted by molar-refractivity contribution is 5.70. The van der Waals surface area contributed by atoms with Crippen LogP contribution in [0.4, 0.5) is 0 Å². The molecule has 0 saturated carbocycles. The summed E-state index contributed by atoms with van der Waals surface area (Å²) in [5.41, 5.74) is 4.97. The molecule has 18 heavy (non-hydrogen) atoms. The molecule has 0 saturated heterocycles. The number of esters is 1. The van der Waals surface area contributed by atoms with Crippen LogP contribution in [0, 0.1) is 0 Å². The fourth-order valence-corrected chi connectivity index (χ4v) is 1.32. The van der Waals surface area contributed by atoms with Crippen molar-refractivity contribution in [1.82, 2.24) is 0 Å². The molecule has 1 rings (SSSR count). The highest BCUT2D eigenvalue weighted by Crippen LogP contribution is 2.13. The molecule has 0 bridgehead atoms. The highest BCUT2D eigenvalue weighted by atomic mass is 16.5. The van der Waals surface area contributed by atoms with Gasteiger partial charge in [0.15, 0.2) is 0 Å². The Balaban J connectivity index is 2.42. The molecule has 0 spiro atoms. The Bertz CT molecular complexity index is 386. The first-order valence-corrected chi connectivity index (χ1v) is 5.68. The molecule has 0 amide bonds. The summed E-state index contributed by atoms with van der Waals surface area (Å²) in [5, 5.41) is 9.62. The van der Waals surface area contributed by atoms with Gasteiger partial charge in [0.25, 0.3) is 0 Å². The number of benzene rings is 1. The molecule has 3 N–H and O–H groups in total. The molecule has 1 unspecified atom stereocenters. The molecule has 1 atom stereocenters. The Labute approximate surface area is 107 Å². The van der Waals surface area contributed by atoms with Crippen LogP contribution in [0.2, 0.25) is 0 Å². The van der Waals surface area contributed by atoms with Crippen LogP contribution in [0.5, 0.6) is 5.75 Å². The molecule has 5 nitrogen and oxygen atoms in total. The summed E-state index contributed by atoms with van der Waals surface area (Å²) in [5.74, 6) is 0.275. The molecule has 0 heterocycles. The number of hydrogen-bond donors (Lipinski definition) is 2. The summed E-state index contributed by atoms with van der Waals surface area (Å²) in [4.78, 5) is 11.5. The number of hydrogen-bond acceptors (Lipinski definition) is 5. The maximum absolute atomic E-state index is 11.5. The van der Waals surface area contributed by atoms with Gasteiger partial charge in [0, 0.05) is 6.54 Å². The summed E-state index contributed by atoms with van der Waals surface area (Å²) in [6.45, 7) is 1.69. The minimum Gasteiger partial charge on any atom is -0.497 e. The van der Waals surface area contributed by atoms with Crippen LogP contribution in [-0.2, 0) is 16.1 Å². The van der Waals surface area contributed by atoms with E-state index in [9.17, 15) is 9.90 Å². The van der Waals surface area contributed by atoms with Crippen LogP contribution in [0.3, 0.4) is 0 Å².